The molecule has 0 aliphatic rings. The van der Waals surface area contributed by atoms with Gasteiger partial charge in [-0.3, -0.25) is 10.1 Å². The summed E-state index contributed by atoms with van der Waals surface area (Å²) in [6, 6.07) is 20.2. The van der Waals surface area contributed by atoms with Crippen LogP contribution in [0.5, 0.6) is 5.75 Å². The molecule has 3 aromatic carbocycles. The van der Waals surface area contributed by atoms with E-state index in [0.717, 1.165) is 16.9 Å². The van der Waals surface area contributed by atoms with Crippen LogP contribution < -0.4 is 15.4 Å². The van der Waals surface area contributed by atoms with E-state index < -0.39 is 0 Å². The fraction of sp³-hybridized carbons (Fsp3) is 0.0870. The van der Waals surface area contributed by atoms with Gasteiger partial charge in [-0.05, 0) is 73.7 Å². The molecule has 7 heteroatoms. The Morgan fingerprint density at radius 3 is 2.47 bits per heavy atom. The number of methoxy groups -OCH3 is 1. The van der Waals surface area contributed by atoms with Crippen molar-refractivity contribution in [2.45, 2.75) is 6.92 Å². The highest BCUT2D eigenvalue weighted by Crippen LogP contribution is 2.27. The number of thiocarbonyl (C=S) groups is 1. The van der Waals surface area contributed by atoms with E-state index in [0.29, 0.717) is 28.2 Å². The first-order valence-electron chi connectivity index (χ1n) is 9.26. The van der Waals surface area contributed by atoms with Gasteiger partial charge in [0, 0.05) is 16.8 Å². The number of hydrogen-bond donors (Lipinski definition) is 2. The number of amides is 1. The van der Waals surface area contributed by atoms with E-state index >= 15 is 0 Å². The standard InChI is InChI=1S/C23H19N3O3S/c1-14-3-5-15(6-4-14)21(27)26-23(30)24-17-9-12-20-19(13-17)25-22(29-20)16-7-10-18(28-2)11-8-16/h3-13H,1-2H3,(H2,24,26,27,30). The van der Waals surface area contributed by atoms with Crippen molar-refractivity contribution in [2.24, 2.45) is 0 Å². The fourth-order valence-electron chi connectivity index (χ4n) is 2.90. The number of nitrogens with zero attached hydrogens (tertiary/aromatic N) is 1. The molecule has 6 nitrogen and oxygen atoms in total. The lowest BCUT2D eigenvalue weighted by atomic mass is 10.1. The van der Waals surface area contributed by atoms with Gasteiger partial charge >= 0.3 is 0 Å². The van der Waals surface area contributed by atoms with Gasteiger partial charge in [-0.1, -0.05) is 17.7 Å². The van der Waals surface area contributed by atoms with Gasteiger partial charge in [0.05, 0.1) is 7.11 Å². The second-order valence-corrected chi connectivity index (χ2v) is 7.11. The van der Waals surface area contributed by atoms with E-state index in [1.165, 1.54) is 0 Å². The smallest absolute Gasteiger partial charge is 0.257 e. The SMILES string of the molecule is COc1ccc(-c2nc3cc(NC(=S)NC(=O)c4ccc(C)cc4)ccc3o2)cc1. The van der Waals surface area contributed by atoms with Crippen molar-refractivity contribution >= 4 is 40.0 Å². The number of ether oxygens (including phenoxy) is 1. The van der Waals surface area contributed by atoms with Crippen LogP contribution >= 0.6 is 12.2 Å². The molecule has 0 saturated carbocycles. The Hall–Kier alpha value is -3.71. The third-order valence-electron chi connectivity index (χ3n) is 4.52. The van der Waals surface area contributed by atoms with Crippen molar-refractivity contribution in [3.63, 3.8) is 0 Å². The topological polar surface area (TPSA) is 76.4 Å². The first-order chi connectivity index (χ1) is 14.5. The zero-order valence-corrected chi connectivity index (χ0v) is 17.2. The number of nitrogens with one attached hydrogen (secondary N) is 2. The summed E-state index contributed by atoms with van der Waals surface area (Å²) < 4.78 is 11.0. The molecule has 0 unspecified atom stereocenters. The first-order valence-corrected chi connectivity index (χ1v) is 9.67. The molecule has 1 aromatic heterocycles. The molecule has 2 N–H and O–H groups in total. The highest BCUT2D eigenvalue weighted by Gasteiger charge is 2.11. The van der Waals surface area contributed by atoms with Crippen LogP contribution in [0.1, 0.15) is 15.9 Å². The van der Waals surface area contributed by atoms with E-state index in [2.05, 4.69) is 15.6 Å². The number of hydrogen-bond acceptors (Lipinski definition) is 5. The third kappa shape index (κ3) is 4.31. The Morgan fingerprint density at radius 2 is 1.77 bits per heavy atom. The predicted octanol–water partition coefficient (Wildman–Crippen LogP) is 4.94. The minimum absolute atomic E-state index is 0.207. The summed E-state index contributed by atoms with van der Waals surface area (Å²) >= 11 is 5.27. The van der Waals surface area contributed by atoms with Gasteiger partial charge in [-0.25, -0.2) is 4.98 Å². The number of aromatic nitrogens is 1. The third-order valence-corrected chi connectivity index (χ3v) is 4.73. The average Bonchev–Trinajstić information content (AvgIpc) is 3.17. The normalized spacial score (nSPS) is 10.6. The van der Waals surface area contributed by atoms with Gasteiger partial charge in [0.1, 0.15) is 11.3 Å². The van der Waals surface area contributed by atoms with Crippen LogP contribution in [0.2, 0.25) is 0 Å². The molecule has 0 fully saturated rings. The molecule has 0 saturated heterocycles. The monoisotopic (exact) mass is 417 g/mol. The van der Waals surface area contributed by atoms with Gasteiger partial charge in [0.25, 0.3) is 5.91 Å². The van der Waals surface area contributed by atoms with E-state index in [-0.39, 0.29) is 11.0 Å². The van der Waals surface area contributed by atoms with Crippen molar-refractivity contribution in [3.05, 3.63) is 77.9 Å². The number of fused-ring (bicyclic) bond motifs is 1. The summed E-state index contributed by atoms with van der Waals surface area (Å²) in [6.45, 7) is 1.97. The first kappa shape index (κ1) is 19.6. The molecule has 0 radical (unpaired) electrons. The largest absolute Gasteiger partial charge is 0.497 e. The van der Waals surface area contributed by atoms with Crippen LogP contribution in [0.25, 0.3) is 22.6 Å². The molecule has 0 spiro atoms. The number of aryl methyl sites for hydroxylation is 1. The minimum Gasteiger partial charge on any atom is -0.497 e. The second kappa shape index (κ2) is 8.34. The Kier molecular flexibility index (Phi) is 5.45. The molecule has 1 heterocycles. The number of oxazole rings is 1. The predicted molar refractivity (Wildman–Crippen MR) is 121 cm³/mol. The van der Waals surface area contributed by atoms with Crippen LogP contribution in [0.15, 0.2) is 71.1 Å². The van der Waals surface area contributed by atoms with Crippen LogP contribution in [-0.4, -0.2) is 23.1 Å². The summed E-state index contributed by atoms with van der Waals surface area (Å²) in [7, 11) is 1.62. The number of anilines is 1. The molecule has 0 aliphatic carbocycles. The molecular weight excluding hydrogens is 398 g/mol. The van der Waals surface area contributed by atoms with Crippen LogP contribution in [-0.2, 0) is 0 Å². The maximum absolute atomic E-state index is 12.3. The number of carbonyl (C=O) groups is 1. The van der Waals surface area contributed by atoms with Crippen molar-refractivity contribution in [3.8, 4) is 17.2 Å². The van der Waals surface area contributed by atoms with Gasteiger partial charge < -0.3 is 14.5 Å². The zero-order chi connectivity index (χ0) is 21.1. The van der Waals surface area contributed by atoms with E-state index in [1.54, 1.807) is 19.2 Å². The van der Waals surface area contributed by atoms with E-state index in [4.69, 9.17) is 21.4 Å². The number of benzene rings is 3. The molecule has 0 aliphatic heterocycles. The molecule has 4 rings (SSSR count). The number of rotatable bonds is 4. The van der Waals surface area contributed by atoms with E-state index in [9.17, 15) is 4.79 Å². The molecule has 1 amide bonds. The lowest BCUT2D eigenvalue weighted by Gasteiger charge is -2.09. The molecule has 0 atom stereocenters. The maximum atomic E-state index is 12.3. The summed E-state index contributed by atoms with van der Waals surface area (Å²) in [4.78, 5) is 16.8. The molecular formula is C23H19N3O3S. The average molecular weight is 417 g/mol. The Morgan fingerprint density at radius 1 is 1.03 bits per heavy atom. The Bertz CT molecular complexity index is 1210. The summed E-state index contributed by atoms with van der Waals surface area (Å²) in [5.74, 6) is 1.01. The summed E-state index contributed by atoms with van der Waals surface area (Å²) in [5, 5.41) is 5.90. The lowest BCUT2D eigenvalue weighted by molar-refractivity contribution is 0.0977. The zero-order valence-electron chi connectivity index (χ0n) is 16.4. The van der Waals surface area contributed by atoms with Crippen molar-refractivity contribution < 1.29 is 13.9 Å². The second-order valence-electron chi connectivity index (χ2n) is 6.70. The van der Waals surface area contributed by atoms with Crippen molar-refractivity contribution in [1.82, 2.24) is 10.3 Å². The Labute approximate surface area is 178 Å². The Balaban J connectivity index is 1.47. The van der Waals surface area contributed by atoms with Gasteiger partial charge in [0.15, 0.2) is 10.7 Å². The quantitative estimate of drug-likeness (QED) is 0.458. The number of carbonyl (C=O) groups excluding carboxylic acids is 1. The fourth-order valence-corrected chi connectivity index (χ4v) is 3.12. The van der Waals surface area contributed by atoms with Gasteiger partial charge in [-0.2, -0.15) is 0 Å². The molecule has 4 aromatic rings. The maximum Gasteiger partial charge on any atom is 0.257 e. The highest BCUT2D eigenvalue weighted by atomic mass is 32.1. The van der Waals surface area contributed by atoms with Crippen molar-refractivity contribution in [1.29, 1.82) is 0 Å². The van der Waals surface area contributed by atoms with Gasteiger partial charge in [-0.15, -0.1) is 0 Å². The summed E-state index contributed by atoms with van der Waals surface area (Å²) in [5.41, 5.74) is 4.51. The van der Waals surface area contributed by atoms with Crippen LogP contribution in [0.4, 0.5) is 5.69 Å². The minimum atomic E-state index is -0.267. The van der Waals surface area contributed by atoms with Gasteiger partial charge in [0.2, 0.25) is 5.89 Å². The molecule has 30 heavy (non-hydrogen) atoms. The van der Waals surface area contributed by atoms with Crippen molar-refractivity contribution in [2.75, 3.05) is 12.4 Å². The van der Waals surface area contributed by atoms with E-state index in [1.807, 2.05) is 61.5 Å². The lowest BCUT2D eigenvalue weighted by Crippen LogP contribution is -2.34. The van der Waals surface area contributed by atoms with Crippen LogP contribution in [0.3, 0.4) is 0 Å². The highest BCUT2D eigenvalue weighted by molar-refractivity contribution is 7.80. The summed E-state index contributed by atoms with van der Waals surface area (Å²) in [6.07, 6.45) is 0. The molecule has 0 bridgehead atoms. The molecule has 150 valence electrons. The van der Waals surface area contributed by atoms with Crippen LogP contribution in [0, 0.1) is 6.92 Å².